The van der Waals surface area contributed by atoms with Crippen molar-refractivity contribution >= 4 is 27.3 Å². The number of halogens is 1. The number of nitrogens with two attached hydrogens (primary N) is 1. The van der Waals surface area contributed by atoms with E-state index in [0.717, 1.165) is 17.7 Å². The van der Waals surface area contributed by atoms with Crippen LogP contribution in [0.3, 0.4) is 0 Å². The standard InChI is InChI=1S/C18H17ClN2O2S/c19-12-6-4-11(5-7-12)18-15-3-1-2-14(15)16-10-13(24(20,22)23)8-9-17(16)21-18/h1-2,4-10,14-15,18,21H,3H2,(H2,20,22,23)/t14-,15+,18-/m1/s1. The molecule has 0 spiro atoms. The van der Waals surface area contributed by atoms with E-state index in [9.17, 15) is 8.42 Å². The third-order valence-corrected chi connectivity index (χ3v) is 6.05. The number of primary sulfonamides is 1. The van der Waals surface area contributed by atoms with Gasteiger partial charge in [-0.15, -0.1) is 0 Å². The van der Waals surface area contributed by atoms with Gasteiger partial charge in [-0.1, -0.05) is 35.9 Å². The third-order valence-electron chi connectivity index (χ3n) is 4.89. The van der Waals surface area contributed by atoms with Crippen LogP contribution in [-0.4, -0.2) is 8.42 Å². The number of benzene rings is 2. The number of fused-ring (bicyclic) bond motifs is 3. The van der Waals surface area contributed by atoms with Gasteiger partial charge in [-0.3, -0.25) is 0 Å². The first-order chi connectivity index (χ1) is 11.4. The van der Waals surface area contributed by atoms with Crippen LogP contribution in [0.2, 0.25) is 5.02 Å². The molecular formula is C18H17ClN2O2S. The first-order valence-electron chi connectivity index (χ1n) is 7.79. The molecule has 3 N–H and O–H groups in total. The van der Waals surface area contributed by atoms with E-state index in [1.54, 1.807) is 18.2 Å². The molecule has 0 aromatic heterocycles. The Hall–Kier alpha value is -1.82. The quantitative estimate of drug-likeness (QED) is 0.800. The van der Waals surface area contributed by atoms with E-state index in [1.165, 1.54) is 5.56 Å². The zero-order valence-corrected chi connectivity index (χ0v) is 14.4. The normalized spacial score (nSPS) is 25.0. The number of rotatable bonds is 2. The van der Waals surface area contributed by atoms with Gasteiger partial charge in [0.25, 0.3) is 0 Å². The second-order valence-electron chi connectivity index (χ2n) is 6.32. The summed E-state index contributed by atoms with van der Waals surface area (Å²) in [5.41, 5.74) is 3.12. The van der Waals surface area contributed by atoms with E-state index >= 15 is 0 Å². The van der Waals surface area contributed by atoms with Crippen molar-refractivity contribution in [3.05, 3.63) is 70.8 Å². The fourth-order valence-corrected chi connectivity index (χ4v) is 4.42. The Morgan fingerprint density at radius 2 is 1.88 bits per heavy atom. The highest BCUT2D eigenvalue weighted by Gasteiger charge is 2.38. The van der Waals surface area contributed by atoms with Crippen molar-refractivity contribution in [3.8, 4) is 0 Å². The Morgan fingerprint density at radius 1 is 1.12 bits per heavy atom. The molecule has 0 bridgehead atoms. The maximum absolute atomic E-state index is 11.7. The van der Waals surface area contributed by atoms with Crippen LogP contribution < -0.4 is 10.5 Å². The van der Waals surface area contributed by atoms with Crippen molar-refractivity contribution in [2.24, 2.45) is 11.1 Å². The number of allylic oxidation sites excluding steroid dienone is 2. The van der Waals surface area contributed by atoms with Gasteiger partial charge < -0.3 is 5.32 Å². The molecule has 0 saturated heterocycles. The highest BCUT2D eigenvalue weighted by atomic mass is 35.5. The molecule has 0 saturated carbocycles. The van der Waals surface area contributed by atoms with E-state index in [2.05, 4.69) is 17.5 Å². The highest BCUT2D eigenvalue weighted by Crippen LogP contribution is 2.50. The van der Waals surface area contributed by atoms with E-state index in [0.29, 0.717) is 10.9 Å². The van der Waals surface area contributed by atoms with Crippen LogP contribution in [0.5, 0.6) is 0 Å². The van der Waals surface area contributed by atoms with Gasteiger partial charge in [-0.05, 0) is 53.8 Å². The minimum atomic E-state index is -3.70. The van der Waals surface area contributed by atoms with Crippen molar-refractivity contribution in [1.82, 2.24) is 0 Å². The number of sulfonamides is 1. The summed E-state index contributed by atoms with van der Waals surface area (Å²) in [5.74, 6) is 0.526. The summed E-state index contributed by atoms with van der Waals surface area (Å²) in [4.78, 5) is 0.159. The van der Waals surface area contributed by atoms with Crippen LogP contribution in [0.4, 0.5) is 5.69 Å². The maximum atomic E-state index is 11.7. The first kappa shape index (κ1) is 15.7. The summed E-state index contributed by atoms with van der Waals surface area (Å²) in [5, 5.41) is 9.56. The highest BCUT2D eigenvalue weighted by molar-refractivity contribution is 7.89. The number of anilines is 1. The largest absolute Gasteiger partial charge is 0.378 e. The zero-order valence-electron chi connectivity index (χ0n) is 12.8. The van der Waals surface area contributed by atoms with E-state index in [-0.39, 0.29) is 16.9 Å². The molecule has 2 aromatic rings. The van der Waals surface area contributed by atoms with Gasteiger partial charge in [0, 0.05) is 16.6 Å². The smallest absolute Gasteiger partial charge is 0.238 e. The summed E-state index contributed by atoms with van der Waals surface area (Å²) in [6, 6.07) is 13.1. The van der Waals surface area contributed by atoms with E-state index < -0.39 is 10.0 Å². The Morgan fingerprint density at radius 3 is 2.58 bits per heavy atom. The minimum absolute atomic E-state index is 0.159. The Balaban J connectivity index is 1.79. The summed E-state index contributed by atoms with van der Waals surface area (Å²) in [6.07, 6.45) is 5.28. The number of hydrogen-bond donors (Lipinski definition) is 2. The Kier molecular flexibility index (Phi) is 3.67. The molecule has 24 heavy (non-hydrogen) atoms. The van der Waals surface area contributed by atoms with Crippen LogP contribution >= 0.6 is 11.6 Å². The van der Waals surface area contributed by atoms with Crippen molar-refractivity contribution < 1.29 is 8.42 Å². The molecule has 1 heterocycles. The van der Waals surface area contributed by atoms with Crippen LogP contribution in [0, 0.1) is 5.92 Å². The lowest BCUT2D eigenvalue weighted by Crippen LogP contribution is -2.29. The molecule has 1 aliphatic carbocycles. The molecule has 1 aliphatic heterocycles. The average molecular weight is 361 g/mol. The lowest BCUT2D eigenvalue weighted by atomic mass is 9.77. The molecule has 4 rings (SSSR count). The predicted octanol–water partition coefficient (Wildman–Crippen LogP) is 3.81. The Bertz CT molecular complexity index is 923. The fraction of sp³-hybridized carbons (Fsp3) is 0.222. The molecule has 0 unspecified atom stereocenters. The average Bonchev–Trinajstić information content (AvgIpc) is 3.03. The molecule has 3 atom stereocenters. The Labute approximate surface area is 146 Å². The van der Waals surface area contributed by atoms with Crippen LogP contribution in [0.25, 0.3) is 0 Å². The molecule has 0 amide bonds. The SMILES string of the molecule is NS(=O)(=O)c1ccc2c(c1)[C@@H]1C=CC[C@@H]1[C@@H](c1ccc(Cl)cc1)N2. The van der Waals surface area contributed by atoms with Crippen molar-refractivity contribution in [2.75, 3.05) is 5.32 Å². The third kappa shape index (κ3) is 2.62. The van der Waals surface area contributed by atoms with Gasteiger partial charge in [-0.2, -0.15) is 0 Å². The van der Waals surface area contributed by atoms with Gasteiger partial charge in [0.15, 0.2) is 0 Å². The van der Waals surface area contributed by atoms with Crippen LogP contribution in [0.1, 0.15) is 29.5 Å². The lowest BCUT2D eigenvalue weighted by molar-refractivity contribution is 0.425. The minimum Gasteiger partial charge on any atom is -0.378 e. The molecule has 2 aromatic carbocycles. The van der Waals surface area contributed by atoms with Gasteiger partial charge in [0.1, 0.15) is 0 Å². The molecular weight excluding hydrogens is 344 g/mol. The van der Waals surface area contributed by atoms with Gasteiger partial charge in [0.2, 0.25) is 10.0 Å². The number of hydrogen-bond acceptors (Lipinski definition) is 3. The lowest BCUT2D eigenvalue weighted by Gasteiger charge is -2.37. The van der Waals surface area contributed by atoms with Gasteiger partial charge in [0.05, 0.1) is 10.9 Å². The first-order valence-corrected chi connectivity index (χ1v) is 9.71. The molecule has 0 fully saturated rings. The molecule has 0 radical (unpaired) electrons. The number of nitrogens with one attached hydrogen (secondary N) is 1. The van der Waals surface area contributed by atoms with Gasteiger partial charge in [-0.25, -0.2) is 13.6 Å². The summed E-state index contributed by atoms with van der Waals surface area (Å²) < 4.78 is 23.3. The van der Waals surface area contributed by atoms with Crippen LogP contribution in [0.15, 0.2) is 59.5 Å². The van der Waals surface area contributed by atoms with Crippen LogP contribution in [-0.2, 0) is 10.0 Å². The maximum Gasteiger partial charge on any atom is 0.238 e. The van der Waals surface area contributed by atoms with Crippen molar-refractivity contribution in [2.45, 2.75) is 23.3 Å². The summed E-state index contributed by atoms with van der Waals surface area (Å²) >= 11 is 6.00. The van der Waals surface area contributed by atoms with E-state index in [1.807, 2.05) is 24.3 Å². The zero-order chi connectivity index (χ0) is 16.9. The second kappa shape index (κ2) is 5.62. The van der Waals surface area contributed by atoms with Crippen molar-refractivity contribution in [3.63, 3.8) is 0 Å². The molecule has 124 valence electrons. The summed E-state index contributed by atoms with van der Waals surface area (Å²) in [6.45, 7) is 0. The molecule has 4 nitrogen and oxygen atoms in total. The summed E-state index contributed by atoms with van der Waals surface area (Å²) in [7, 11) is -3.70. The monoisotopic (exact) mass is 360 g/mol. The second-order valence-corrected chi connectivity index (χ2v) is 8.32. The van der Waals surface area contributed by atoms with E-state index in [4.69, 9.17) is 16.7 Å². The molecule has 6 heteroatoms. The topological polar surface area (TPSA) is 72.2 Å². The van der Waals surface area contributed by atoms with Crippen molar-refractivity contribution in [1.29, 1.82) is 0 Å². The predicted molar refractivity (Wildman–Crippen MR) is 95.6 cm³/mol. The fourth-order valence-electron chi connectivity index (χ4n) is 3.75. The molecule has 2 aliphatic rings. The van der Waals surface area contributed by atoms with Gasteiger partial charge >= 0.3 is 0 Å².